The molecule has 55 heavy (non-hydrogen) atoms. The number of nitrogens with one attached hydrogen (secondary N) is 2. The molecule has 2 heterocycles. The van der Waals surface area contributed by atoms with Gasteiger partial charge in [-0.25, -0.2) is 4.98 Å². The third kappa shape index (κ3) is 11.1. The van der Waals surface area contributed by atoms with E-state index in [0.29, 0.717) is 32.2 Å². The first-order valence-corrected chi connectivity index (χ1v) is 21.1. The SMILES string of the molecule is CCC(C)C(C(CC(=O)N1CCCC1C(OC)C(C)C(=O)NC(Cc1ccccc1)c1nccs1)OC)N(C)C(=O)C(NC(=O)C1(N)CCCCC1)C(C)C. The van der Waals surface area contributed by atoms with Crippen molar-refractivity contribution < 1.29 is 28.7 Å². The maximum Gasteiger partial charge on any atom is 0.245 e. The van der Waals surface area contributed by atoms with Crippen molar-refractivity contribution in [3.8, 4) is 0 Å². The summed E-state index contributed by atoms with van der Waals surface area (Å²) in [5.41, 5.74) is 6.67. The maximum absolute atomic E-state index is 14.3. The highest BCUT2D eigenvalue weighted by molar-refractivity contribution is 7.09. The van der Waals surface area contributed by atoms with Crippen molar-refractivity contribution in [2.75, 3.05) is 27.8 Å². The number of nitrogens with two attached hydrogens (primary N) is 1. The minimum absolute atomic E-state index is 0.0131. The molecule has 8 atom stereocenters. The zero-order valence-electron chi connectivity index (χ0n) is 34.3. The topological polar surface area (TPSA) is 156 Å². The van der Waals surface area contributed by atoms with Crippen LogP contribution in [0.15, 0.2) is 41.9 Å². The van der Waals surface area contributed by atoms with Gasteiger partial charge in [0.25, 0.3) is 0 Å². The predicted octanol–water partition coefficient (Wildman–Crippen LogP) is 5.27. The lowest BCUT2D eigenvalue weighted by Gasteiger charge is -2.41. The van der Waals surface area contributed by atoms with Crippen LogP contribution in [0.3, 0.4) is 0 Å². The van der Waals surface area contributed by atoms with Gasteiger partial charge < -0.3 is 35.6 Å². The van der Waals surface area contributed by atoms with E-state index >= 15 is 0 Å². The lowest BCUT2D eigenvalue weighted by Crippen LogP contribution is -2.62. The lowest BCUT2D eigenvalue weighted by atomic mass is 9.81. The molecule has 4 N–H and O–H groups in total. The first-order valence-electron chi connectivity index (χ1n) is 20.2. The molecule has 1 aliphatic heterocycles. The van der Waals surface area contributed by atoms with Crippen LogP contribution >= 0.6 is 11.3 Å². The van der Waals surface area contributed by atoms with Crippen LogP contribution in [0.4, 0.5) is 0 Å². The van der Waals surface area contributed by atoms with Gasteiger partial charge in [-0.05, 0) is 49.5 Å². The van der Waals surface area contributed by atoms with E-state index in [1.54, 1.807) is 32.4 Å². The molecule has 2 aliphatic rings. The van der Waals surface area contributed by atoms with Gasteiger partial charge in [0.15, 0.2) is 0 Å². The summed E-state index contributed by atoms with van der Waals surface area (Å²) in [4.78, 5) is 63.9. The smallest absolute Gasteiger partial charge is 0.245 e. The van der Waals surface area contributed by atoms with Crippen molar-refractivity contribution in [3.63, 3.8) is 0 Å². The second-order valence-corrected chi connectivity index (χ2v) is 17.0. The van der Waals surface area contributed by atoms with Gasteiger partial charge >= 0.3 is 0 Å². The van der Waals surface area contributed by atoms with E-state index in [4.69, 9.17) is 15.2 Å². The summed E-state index contributed by atoms with van der Waals surface area (Å²) in [5, 5.41) is 8.99. The molecule has 1 aromatic heterocycles. The monoisotopic (exact) mass is 782 g/mol. The summed E-state index contributed by atoms with van der Waals surface area (Å²) in [5.74, 6) is -1.54. The highest BCUT2D eigenvalue weighted by Crippen LogP contribution is 2.31. The number of hydrogen-bond donors (Lipinski definition) is 3. The summed E-state index contributed by atoms with van der Waals surface area (Å²) in [6.45, 7) is 10.3. The molecule has 0 spiro atoms. The maximum atomic E-state index is 14.3. The first-order chi connectivity index (χ1) is 26.3. The van der Waals surface area contributed by atoms with Crippen LogP contribution in [0, 0.1) is 17.8 Å². The summed E-state index contributed by atoms with van der Waals surface area (Å²) in [6.07, 6.45) is 7.50. The molecule has 4 amide bonds. The molecule has 2 fully saturated rings. The number of carbonyl (C=O) groups is 4. The fourth-order valence-corrected chi connectivity index (χ4v) is 9.18. The fraction of sp³-hybridized carbons (Fsp3) is 0.690. The highest BCUT2D eigenvalue weighted by atomic mass is 32.1. The zero-order chi connectivity index (χ0) is 40.3. The van der Waals surface area contributed by atoms with Crippen molar-refractivity contribution in [1.82, 2.24) is 25.4 Å². The highest BCUT2D eigenvalue weighted by Gasteiger charge is 2.44. The summed E-state index contributed by atoms with van der Waals surface area (Å²) < 4.78 is 12.1. The van der Waals surface area contributed by atoms with Crippen molar-refractivity contribution in [2.24, 2.45) is 23.5 Å². The molecule has 306 valence electrons. The molecule has 1 saturated carbocycles. The number of methoxy groups -OCH3 is 2. The number of ether oxygens (including phenoxy) is 2. The number of nitrogens with zero attached hydrogens (tertiary/aromatic N) is 3. The Balaban J connectivity index is 1.47. The Kier molecular flexibility index (Phi) is 16.7. The normalized spacial score (nSPS) is 20.8. The molecule has 13 heteroatoms. The Morgan fingerprint density at radius 1 is 1.02 bits per heavy atom. The van der Waals surface area contributed by atoms with Crippen molar-refractivity contribution in [3.05, 3.63) is 52.5 Å². The Hall–Kier alpha value is -3.39. The molecule has 1 aromatic carbocycles. The molecule has 1 saturated heterocycles. The molecule has 8 unspecified atom stereocenters. The van der Waals surface area contributed by atoms with Gasteiger partial charge in [0.2, 0.25) is 23.6 Å². The van der Waals surface area contributed by atoms with E-state index < -0.39 is 35.7 Å². The minimum atomic E-state index is -0.975. The van der Waals surface area contributed by atoms with Crippen molar-refractivity contribution >= 4 is 35.0 Å². The molecule has 1 aliphatic carbocycles. The summed E-state index contributed by atoms with van der Waals surface area (Å²) in [6, 6.07) is 8.18. The molecule has 12 nitrogen and oxygen atoms in total. The molecule has 0 bridgehead atoms. The van der Waals surface area contributed by atoms with Crippen LogP contribution in [0.2, 0.25) is 0 Å². The van der Waals surface area contributed by atoms with Gasteiger partial charge in [0.05, 0.1) is 48.2 Å². The number of hydrogen-bond acceptors (Lipinski definition) is 9. The molecular weight excluding hydrogens is 717 g/mol. The average molecular weight is 783 g/mol. The average Bonchev–Trinajstić information content (AvgIpc) is 3.90. The standard InChI is InChI=1S/C42H66N6O6S/c1-9-28(4)36(47(6)40(51)35(27(2)3)46-41(52)42(43)20-14-11-15-21-42)33(53-7)26-34(49)48-23-16-19-32(48)37(54-8)29(5)38(50)45-31(39-44-22-24-55-39)25-30-17-12-10-13-18-30/h10,12-13,17-18,22,24,27-29,31-33,35-37H,9,11,14-16,19-21,23,25-26,43H2,1-8H3,(H,45,50)(H,46,52). The largest absolute Gasteiger partial charge is 0.379 e. The predicted molar refractivity (Wildman–Crippen MR) is 216 cm³/mol. The van der Waals surface area contributed by atoms with Crippen LogP contribution in [0.5, 0.6) is 0 Å². The van der Waals surface area contributed by atoms with E-state index in [9.17, 15) is 19.2 Å². The number of rotatable bonds is 19. The number of thiazole rings is 1. The van der Waals surface area contributed by atoms with Gasteiger partial charge in [-0.15, -0.1) is 11.3 Å². The van der Waals surface area contributed by atoms with Crippen molar-refractivity contribution in [1.29, 1.82) is 0 Å². The number of likely N-dealkylation sites (tertiary alicyclic amines) is 1. The van der Waals surface area contributed by atoms with Crippen LogP contribution in [0.25, 0.3) is 0 Å². The Morgan fingerprint density at radius 3 is 2.29 bits per heavy atom. The zero-order valence-corrected chi connectivity index (χ0v) is 35.1. The summed E-state index contributed by atoms with van der Waals surface area (Å²) in [7, 11) is 4.92. The Bertz CT molecular complexity index is 1520. The van der Waals surface area contributed by atoms with E-state index in [2.05, 4.69) is 29.5 Å². The van der Waals surface area contributed by atoms with Gasteiger partial charge in [-0.2, -0.15) is 0 Å². The molecule has 4 rings (SSSR count). The second-order valence-electron chi connectivity index (χ2n) is 16.1. The van der Waals surface area contributed by atoms with E-state index in [1.165, 1.54) is 11.3 Å². The lowest BCUT2D eigenvalue weighted by molar-refractivity contribution is -0.148. The Labute approximate surface area is 332 Å². The second kappa shape index (κ2) is 20.7. The van der Waals surface area contributed by atoms with Gasteiger partial charge in [-0.1, -0.05) is 90.6 Å². The number of amides is 4. The number of carbonyl (C=O) groups excluding carboxylic acids is 4. The van der Waals surface area contributed by atoms with Crippen LogP contribution in [-0.4, -0.2) is 102 Å². The minimum Gasteiger partial charge on any atom is -0.379 e. The number of likely N-dealkylation sites (N-methyl/N-ethyl adjacent to an activating group) is 1. The van der Waals surface area contributed by atoms with Gasteiger partial charge in [0.1, 0.15) is 11.0 Å². The number of aromatic nitrogens is 1. The summed E-state index contributed by atoms with van der Waals surface area (Å²) >= 11 is 1.51. The third-order valence-electron chi connectivity index (χ3n) is 12.0. The fourth-order valence-electron chi connectivity index (χ4n) is 8.49. The molecule has 0 radical (unpaired) electrons. The van der Waals surface area contributed by atoms with Gasteiger partial charge in [0, 0.05) is 39.4 Å². The van der Waals surface area contributed by atoms with E-state index in [1.807, 2.05) is 61.4 Å². The van der Waals surface area contributed by atoms with Crippen molar-refractivity contribution in [2.45, 2.75) is 141 Å². The molecule has 2 aromatic rings. The van der Waals surface area contributed by atoms with E-state index in [0.717, 1.165) is 42.7 Å². The Morgan fingerprint density at radius 2 is 1.71 bits per heavy atom. The molecular formula is C42H66N6O6S. The third-order valence-corrected chi connectivity index (χ3v) is 12.9. The first kappa shape index (κ1) is 44.3. The van der Waals surface area contributed by atoms with Crippen LogP contribution in [0.1, 0.15) is 109 Å². The van der Waals surface area contributed by atoms with Crippen LogP contribution in [-0.2, 0) is 35.1 Å². The van der Waals surface area contributed by atoms with Crippen LogP contribution < -0.4 is 16.4 Å². The van der Waals surface area contributed by atoms with Gasteiger partial charge in [-0.3, -0.25) is 19.2 Å². The number of benzene rings is 1. The van der Waals surface area contributed by atoms with E-state index in [-0.39, 0.29) is 54.0 Å². The quantitative estimate of drug-likeness (QED) is 0.174.